The van der Waals surface area contributed by atoms with E-state index in [9.17, 15) is 4.79 Å². The van der Waals surface area contributed by atoms with Crippen molar-refractivity contribution in [2.24, 2.45) is 0 Å². The number of nitrogens with one attached hydrogen (secondary N) is 2. The molecule has 0 aliphatic heterocycles. The number of thiocarbonyl (C=S) groups is 1. The number of benzene rings is 2. The minimum Gasteiger partial charge on any atom is -0.490 e. The molecule has 0 saturated heterocycles. The number of para-hydroxylation sites is 1. The molecule has 7 heteroatoms. The molecule has 0 saturated carbocycles. The lowest BCUT2D eigenvalue weighted by Crippen LogP contribution is -2.34. The molecule has 6 nitrogen and oxygen atoms in total. The second-order valence-electron chi connectivity index (χ2n) is 5.82. The van der Waals surface area contributed by atoms with Gasteiger partial charge in [0.25, 0.3) is 5.91 Å². The van der Waals surface area contributed by atoms with Crippen molar-refractivity contribution >= 4 is 28.9 Å². The molecule has 0 heterocycles. The van der Waals surface area contributed by atoms with Gasteiger partial charge in [0.2, 0.25) is 5.75 Å². The fourth-order valence-electron chi connectivity index (χ4n) is 2.56. The summed E-state index contributed by atoms with van der Waals surface area (Å²) in [5.41, 5.74) is 2.23. The number of amides is 1. The van der Waals surface area contributed by atoms with Crippen LogP contribution in [0.1, 0.15) is 36.7 Å². The lowest BCUT2D eigenvalue weighted by molar-refractivity contribution is 0.0976. The summed E-state index contributed by atoms with van der Waals surface area (Å²) in [4.78, 5) is 12.7. The molecule has 2 aromatic rings. The Morgan fingerprint density at radius 1 is 0.964 bits per heavy atom. The smallest absolute Gasteiger partial charge is 0.257 e. The van der Waals surface area contributed by atoms with Crippen molar-refractivity contribution in [3.05, 3.63) is 47.5 Å². The molecule has 1 amide bonds. The number of rotatable bonds is 8. The predicted octanol–water partition coefficient (Wildman–Crippen LogP) is 4.32. The maximum absolute atomic E-state index is 12.7. The minimum absolute atomic E-state index is 0.212. The van der Waals surface area contributed by atoms with Crippen molar-refractivity contribution in [2.45, 2.75) is 27.7 Å². The van der Waals surface area contributed by atoms with Crippen LogP contribution in [0.15, 0.2) is 36.4 Å². The Morgan fingerprint density at radius 3 is 2.07 bits per heavy atom. The molecule has 2 N–H and O–H groups in total. The van der Waals surface area contributed by atoms with Gasteiger partial charge in [0.05, 0.1) is 19.8 Å². The van der Waals surface area contributed by atoms with Crippen molar-refractivity contribution in [2.75, 3.05) is 25.1 Å². The Labute approximate surface area is 171 Å². The van der Waals surface area contributed by atoms with Crippen LogP contribution in [0.25, 0.3) is 0 Å². The zero-order chi connectivity index (χ0) is 20.5. The Balaban J connectivity index is 2.23. The molecule has 0 atom stereocenters. The van der Waals surface area contributed by atoms with Crippen molar-refractivity contribution < 1.29 is 19.0 Å². The standard InChI is InChI=1S/C21H26N2O4S/c1-5-25-17-12-15(13-18(26-6-2)19(17)27-7-3)20(24)23-21(28)22-16-11-9-8-10-14(16)4/h8-13H,5-7H2,1-4H3,(H2,22,23,24,28). The van der Waals surface area contributed by atoms with Crippen LogP contribution in [0.2, 0.25) is 0 Å². The highest BCUT2D eigenvalue weighted by Gasteiger charge is 2.19. The molecule has 0 aliphatic carbocycles. The quantitative estimate of drug-likeness (QED) is 0.641. The lowest BCUT2D eigenvalue weighted by Gasteiger charge is -2.17. The van der Waals surface area contributed by atoms with E-state index in [1.165, 1.54) is 0 Å². The second-order valence-corrected chi connectivity index (χ2v) is 6.23. The Morgan fingerprint density at radius 2 is 1.54 bits per heavy atom. The van der Waals surface area contributed by atoms with Gasteiger partial charge in [0.1, 0.15) is 0 Å². The van der Waals surface area contributed by atoms with Crippen molar-refractivity contribution in [1.82, 2.24) is 5.32 Å². The topological polar surface area (TPSA) is 68.8 Å². The average Bonchev–Trinajstić information content (AvgIpc) is 2.66. The molecule has 0 bridgehead atoms. The highest BCUT2D eigenvalue weighted by atomic mass is 32.1. The number of aryl methyl sites for hydroxylation is 1. The first-order chi connectivity index (χ1) is 13.5. The monoisotopic (exact) mass is 402 g/mol. The summed E-state index contributed by atoms with van der Waals surface area (Å²) < 4.78 is 17.0. The van der Waals surface area contributed by atoms with Crippen LogP contribution in [0.3, 0.4) is 0 Å². The maximum atomic E-state index is 12.7. The number of carbonyl (C=O) groups is 1. The molecule has 28 heavy (non-hydrogen) atoms. The van der Waals surface area contributed by atoms with E-state index in [1.54, 1.807) is 12.1 Å². The molecule has 0 aromatic heterocycles. The summed E-state index contributed by atoms with van der Waals surface area (Å²) in [6, 6.07) is 10.9. The number of hydrogen-bond acceptors (Lipinski definition) is 5. The minimum atomic E-state index is -0.365. The molecule has 0 spiro atoms. The van der Waals surface area contributed by atoms with Gasteiger partial charge in [-0.2, -0.15) is 0 Å². The molecule has 2 aromatic carbocycles. The molecule has 0 unspecified atom stereocenters. The normalized spacial score (nSPS) is 10.1. The Kier molecular flexibility index (Phi) is 8.07. The van der Waals surface area contributed by atoms with Crippen LogP contribution in [0.4, 0.5) is 5.69 Å². The summed E-state index contributed by atoms with van der Waals surface area (Å²) >= 11 is 5.28. The van der Waals surface area contributed by atoms with Gasteiger partial charge in [-0.05, 0) is 63.7 Å². The van der Waals surface area contributed by atoms with Crippen LogP contribution < -0.4 is 24.8 Å². The average molecular weight is 403 g/mol. The summed E-state index contributed by atoms with van der Waals surface area (Å²) in [6.45, 7) is 8.89. The molecule has 2 rings (SSSR count). The van der Waals surface area contributed by atoms with Crippen molar-refractivity contribution in [3.63, 3.8) is 0 Å². The van der Waals surface area contributed by atoms with Crippen LogP contribution in [0.5, 0.6) is 17.2 Å². The van der Waals surface area contributed by atoms with Gasteiger partial charge in [-0.25, -0.2) is 0 Å². The third kappa shape index (κ3) is 5.60. The van der Waals surface area contributed by atoms with Crippen LogP contribution in [0, 0.1) is 6.92 Å². The summed E-state index contributed by atoms with van der Waals surface area (Å²) in [5.74, 6) is 1.04. The SMILES string of the molecule is CCOc1cc(C(=O)NC(=S)Nc2ccccc2C)cc(OCC)c1OCC. The van der Waals surface area contributed by atoms with E-state index in [2.05, 4.69) is 10.6 Å². The molecular formula is C21H26N2O4S. The van der Waals surface area contributed by atoms with Gasteiger partial charge in [0.15, 0.2) is 16.6 Å². The van der Waals surface area contributed by atoms with E-state index in [4.69, 9.17) is 26.4 Å². The third-order valence-corrected chi connectivity index (χ3v) is 4.00. The summed E-state index contributed by atoms with van der Waals surface area (Å²) in [5, 5.41) is 5.94. The maximum Gasteiger partial charge on any atom is 0.257 e. The highest BCUT2D eigenvalue weighted by Crippen LogP contribution is 2.39. The molecule has 150 valence electrons. The summed E-state index contributed by atoms with van der Waals surface area (Å²) in [6.07, 6.45) is 0. The first kappa shape index (κ1) is 21.5. The highest BCUT2D eigenvalue weighted by molar-refractivity contribution is 7.80. The third-order valence-electron chi connectivity index (χ3n) is 3.79. The van der Waals surface area contributed by atoms with Crippen LogP contribution in [-0.2, 0) is 0 Å². The largest absolute Gasteiger partial charge is 0.490 e. The van der Waals surface area contributed by atoms with Gasteiger partial charge >= 0.3 is 0 Å². The van der Waals surface area contributed by atoms with Gasteiger partial charge in [0, 0.05) is 11.3 Å². The first-order valence-corrected chi connectivity index (χ1v) is 9.65. The number of ether oxygens (including phenoxy) is 3. The molecule has 0 aliphatic rings. The van der Waals surface area contributed by atoms with Crippen molar-refractivity contribution in [3.8, 4) is 17.2 Å². The van der Waals surface area contributed by atoms with Gasteiger partial charge in [-0.1, -0.05) is 18.2 Å². The number of hydrogen-bond donors (Lipinski definition) is 2. The lowest BCUT2D eigenvalue weighted by atomic mass is 10.1. The fraction of sp³-hybridized carbons (Fsp3) is 0.333. The van der Waals surface area contributed by atoms with E-state index in [0.717, 1.165) is 11.3 Å². The Bertz CT molecular complexity index is 812. The van der Waals surface area contributed by atoms with Crippen LogP contribution >= 0.6 is 12.2 Å². The molecular weight excluding hydrogens is 376 g/mol. The van der Waals surface area contributed by atoms with Crippen molar-refractivity contribution in [1.29, 1.82) is 0 Å². The van der Waals surface area contributed by atoms with E-state index in [1.807, 2.05) is 52.0 Å². The second kappa shape index (κ2) is 10.5. The van der Waals surface area contributed by atoms with Gasteiger partial charge in [-0.3, -0.25) is 10.1 Å². The molecule has 0 radical (unpaired) electrons. The van der Waals surface area contributed by atoms with Crippen LogP contribution in [-0.4, -0.2) is 30.8 Å². The van der Waals surface area contributed by atoms with E-state index >= 15 is 0 Å². The van der Waals surface area contributed by atoms with E-state index in [0.29, 0.717) is 42.6 Å². The zero-order valence-electron chi connectivity index (χ0n) is 16.6. The molecule has 0 fully saturated rings. The summed E-state index contributed by atoms with van der Waals surface area (Å²) in [7, 11) is 0. The number of anilines is 1. The number of carbonyl (C=O) groups excluding carboxylic acids is 1. The Hall–Kier alpha value is -2.80. The van der Waals surface area contributed by atoms with E-state index in [-0.39, 0.29) is 11.0 Å². The van der Waals surface area contributed by atoms with E-state index < -0.39 is 0 Å². The van der Waals surface area contributed by atoms with Gasteiger partial charge in [-0.15, -0.1) is 0 Å². The first-order valence-electron chi connectivity index (χ1n) is 9.24. The predicted molar refractivity (Wildman–Crippen MR) is 115 cm³/mol. The zero-order valence-corrected chi connectivity index (χ0v) is 17.4. The fourth-order valence-corrected chi connectivity index (χ4v) is 2.76. The van der Waals surface area contributed by atoms with Gasteiger partial charge < -0.3 is 19.5 Å².